The molecule has 3 rings (SSSR count). The van der Waals surface area contributed by atoms with E-state index in [0.29, 0.717) is 28.5 Å². The van der Waals surface area contributed by atoms with E-state index in [-0.39, 0.29) is 6.09 Å². The smallest absolute Gasteiger partial charge is 0.396 e. The monoisotopic (exact) mass is 325 g/mol. The van der Waals surface area contributed by atoms with Crippen LogP contribution in [0.1, 0.15) is 67.2 Å². The van der Waals surface area contributed by atoms with Gasteiger partial charge in [0, 0.05) is 13.1 Å². The van der Waals surface area contributed by atoms with Crippen molar-refractivity contribution in [2.45, 2.75) is 83.8 Å². The second-order valence-electron chi connectivity index (χ2n) is 8.48. The van der Waals surface area contributed by atoms with Crippen molar-refractivity contribution in [3.05, 3.63) is 0 Å². The van der Waals surface area contributed by atoms with Crippen LogP contribution in [0.5, 0.6) is 0 Å². The standard InChI is InChI=1S/C18H35NO2Si/c1-13(2)22(14(3)4,15(5)6)21-18(20)19-11-16-7-8-17(12-19)10-9-16/h13-17H,7-12H2,1-6H3. The van der Waals surface area contributed by atoms with Crippen LogP contribution in [0, 0.1) is 11.8 Å². The second kappa shape index (κ2) is 6.94. The van der Waals surface area contributed by atoms with Crippen LogP contribution in [0.4, 0.5) is 4.79 Å². The highest BCUT2D eigenvalue weighted by atomic mass is 28.4. The minimum Gasteiger partial charge on any atom is -0.503 e. The molecule has 3 fully saturated rings. The van der Waals surface area contributed by atoms with E-state index >= 15 is 0 Å². The molecule has 1 saturated carbocycles. The van der Waals surface area contributed by atoms with Crippen molar-refractivity contribution >= 4 is 14.4 Å². The van der Waals surface area contributed by atoms with E-state index in [1.54, 1.807) is 0 Å². The molecule has 4 heteroatoms. The van der Waals surface area contributed by atoms with Crippen LogP contribution in [-0.2, 0) is 4.43 Å². The number of nitrogens with zero attached hydrogens (tertiary/aromatic N) is 1. The van der Waals surface area contributed by atoms with Gasteiger partial charge in [-0.2, -0.15) is 0 Å². The largest absolute Gasteiger partial charge is 0.503 e. The van der Waals surface area contributed by atoms with Gasteiger partial charge in [0.2, 0.25) is 0 Å². The van der Waals surface area contributed by atoms with Gasteiger partial charge in [0.15, 0.2) is 0 Å². The fourth-order valence-electron chi connectivity index (χ4n) is 5.01. The first-order chi connectivity index (χ1) is 10.3. The Morgan fingerprint density at radius 3 is 1.55 bits per heavy atom. The lowest BCUT2D eigenvalue weighted by atomic mass is 9.84. The Bertz CT molecular complexity index is 351. The van der Waals surface area contributed by atoms with Crippen LogP contribution < -0.4 is 0 Å². The molecule has 3 nitrogen and oxygen atoms in total. The first-order valence-corrected chi connectivity index (χ1v) is 11.4. The summed E-state index contributed by atoms with van der Waals surface area (Å²) in [6, 6.07) is 0. The zero-order valence-corrected chi connectivity index (χ0v) is 16.4. The molecule has 0 atom stereocenters. The first-order valence-electron chi connectivity index (χ1n) is 9.25. The van der Waals surface area contributed by atoms with E-state index in [0.717, 1.165) is 13.1 Å². The van der Waals surface area contributed by atoms with Gasteiger partial charge in [-0.15, -0.1) is 0 Å². The number of carbonyl (C=O) groups excluding carboxylic acids is 1. The summed E-state index contributed by atoms with van der Waals surface area (Å²) >= 11 is 0. The molecule has 1 aliphatic carbocycles. The van der Waals surface area contributed by atoms with Crippen molar-refractivity contribution in [1.29, 1.82) is 0 Å². The average Bonchev–Trinajstić information content (AvgIpc) is 2.76. The summed E-state index contributed by atoms with van der Waals surface area (Å²) in [5, 5.41) is 0. The Kier molecular flexibility index (Phi) is 5.62. The molecular weight excluding hydrogens is 290 g/mol. The maximum absolute atomic E-state index is 12.9. The van der Waals surface area contributed by atoms with E-state index in [1.807, 2.05) is 4.90 Å². The molecule has 2 heterocycles. The van der Waals surface area contributed by atoms with Gasteiger partial charge in [-0.05, 0) is 54.1 Å². The first kappa shape index (κ1) is 17.8. The lowest BCUT2D eigenvalue weighted by Gasteiger charge is -2.42. The molecular formula is C18H35NO2Si. The number of hydrogen-bond acceptors (Lipinski definition) is 2. The third kappa shape index (κ3) is 3.37. The predicted octanol–water partition coefficient (Wildman–Crippen LogP) is 5.42. The summed E-state index contributed by atoms with van der Waals surface area (Å²) in [5.74, 6) is 1.42. The Morgan fingerprint density at radius 1 is 0.864 bits per heavy atom. The number of hydrogen-bond donors (Lipinski definition) is 0. The SMILES string of the molecule is CC(C)[Si](OC(=O)N1CC2CCC(CC2)C1)(C(C)C)C(C)C. The minimum atomic E-state index is -2.11. The van der Waals surface area contributed by atoms with Gasteiger partial charge in [-0.25, -0.2) is 4.79 Å². The fraction of sp³-hybridized carbons (Fsp3) is 0.944. The van der Waals surface area contributed by atoms with Crippen LogP contribution in [-0.4, -0.2) is 32.4 Å². The van der Waals surface area contributed by atoms with Crippen molar-refractivity contribution in [2.24, 2.45) is 11.8 Å². The Morgan fingerprint density at radius 2 is 1.23 bits per heavy atom. The molecule has 0 unspecified atom stereocenters. The fourth-order valence-corrected chi connectivity index (χ4v) is 10.2. The van der Waals surface area contributed by atoms with Gasteiger partial charge >= 0.3 is 6.09 Å². The van der Waals surface area contributed by atoms with Gasteiger partial charge in [0.25, 0.3) is 8.32 Å². The molecule has 0 aromatic carbocycles. The highest BCUT2D eigenvalue weighted by molar-refractivity contribution is 6.78. The lowest BCUT2D eigenvalue weighted by Crippen LogP contribution is -2.52. The molecule has 0 radical (unpaired) electrons. The molecule has 3 aliphatic rings. The zero-order chi connectivity index (χ0) is 16.5. The molecule has 2 aliphatic heterocycles. The average molecular weight is 326 g/mol. The normalized spacial score (nSPS) is 26.0. The lowest BCUT2D eigenvalue weighted by molar-refractivity contribution is 0.141. The molecule has 0 N–H and O–H groups in total. The van der Waals surface area contributed by atoms with Crippen LogP contribution in [0.15, 0.2) is 0 Å². The molecule has 128 valence electrons. The molecule has 0 aromatic heterocycles. The summed E-state index contributed by atoms with van der Waals surface area (Å²) in [6.45, 7) is 15.3. The van der Waals surface area contributed by atoms with E-state index < -0.39 is 8.32 Å². The Balaban J connectivity index is 2.14. The summed E-state index contributed by atoms with van der Waals surface area (Å²) in [7, 11) is -2.11. The van der Waals surface area contributed by atoms with Gasteiger partial charge in [0.1, 0.15) is 0 Å². The van der Waals surface area contributed by atoms with Crippen molar-refractivity contribution < 1.29 is 9.22 Å². The van der Waals surface area contributed by atoms with Crippen LogP contribution in [0.3, 0.4) is 0 Å². The number of fused-ring (bicyclic) bond motifs is 4. The van der Waals surface area contributed by atoms with E-state index in [4.69, 9.17) is 4.43 Å². The van der Waals surface area contributed by atoms with Crippen molar-refractivity contribution in [2.75, 3.05) is 13.1 Å². The summed E-state index contributed by atoms with van der Waals surface area (Å²) in [5.41, 5.74) is 1.38. The predicted molar refractivity (Wildman–Crippen MR) is 94.6 cm³/mol. The molecule has 22 heavy (non-hydrogen) atoms. The van der Waals surface area contributed by atoms with E-state index in [9.17, 15) is 4.79 Å². The summed E-state index contributed by atoms with van der Waals surface area (Å²) < 4.78 is 6.37. The quantitative estimate of drug-likeness (QED) is 0.646. The molecule has 1 amide bonds. The summed E-state index contributed by atoms with van der Waals surface area (Å²) in [6.07, 6.45) is 5.19. The number of carbonyl (C=O) groups is 1. The van der Waals surface area contributed by atoms with Gasteiger partial charge in [-0.3, -0.25) is 0 Å². The summed E-state index contributed by atoms with van der Waals surface area (Å²) in [4.78, 5) is 15.0. The van der Waals surface area contributed by atoms with Crippen LogP contribution in [0.25, 0.3) is 0 Å². The van der Waals surface area contributed by atoms with E-state index in [2.05, 4.69) is 41.5 Å². The zero-order valence-electron chi connectivity index (χ0n) is 15.4. The molecule has 0 aromatic rings. The third-order valence-corrected chi connectivity index (χ3v) is 12.1. The van der Waals surface area contributed by atoms with Crippen LogP contribution >= 0.6 is 0 Å². The number of rotatable bonds is 4. The second-order valence-corrected chi connectivity index (χ2v) is 13.9. The van der Waals surface area contributed by atoms with Crippen molar-refractivity contribution in [3.8, 4) is 0 Å². The maximum atomic E-state index is 12.9. The Labute approximate surface area is 137 Å². The number of amides is 1. The molecule has 0 spiro atoms. The van der Waals surface area contributed by atoms with Crippen LogP contribution in [0.2, 0.25) is 16.6 Å². The molecule has 2 bridgehead atoms. The topological polar surface area (TPSA) is 29.5 Å². The van der Waals surface area contributed by atoms with Gasteiger partial charge in [-0.1, -0.05) is 41.5 Å². The van der Waals surface area contributed by atoms with Gasteiger partial charge in [0.05, 0.1) is 0 Å². The highest BCUT2D eigenvalue weighted by Crippen LogP contribution is 2.43. The van der Waals surface area contributed by atoms with Crippen molar-refractivity contribution in [3.63, 3.8) is 0 Å². The highest BCUT2D eigenvalue weighted by Gasteiger charge is 2.49. The third-order valence-electron chi connectivity index (χ3n) is 6.15. The van der Waals surface area contributed by atoms with Gasteiger partial charge < -0.3 is 9.33 Å². The maximum Gasteiger partial charge on any atom is 0.396 e. The Hall–Kier alpha value is -0.513. The minimum absolute atomic E-state index is 0.0124. The molecule has 2 saturated heterocycles. The van der Waals surface area contributed by atoms with Crippen molar-refractivity contribution in [1.82, 2.24) is 4.90 Å². The van der Waals surface area contributed by atoms with E-state index in [1.165, 1.54) is 25.7 Å².